The van der Waals surface area contributed by atoms with E-state index in [9.17, 15) is 0 Å². The van der Waals surface area contributed by atoms with E-state index in [1.807, 2.05) is 44.2 Å². The van der Waals surface area contributed by atoms with E-state index in [1.54, 1.807) is 0 Å². The summed E-state index contributed by atoms with van der Waals surface area (Å²) in [6.07, 6.45) is 0. The van der Waals surface area contributed by atoms with Crippen LogP contribution in [-0.4, -0.2) is 33.8 Å². The van der Waals surface area contributed by atoms with Crippen molar-refractivity contribution in [2.75, 3.05) is 18.2 Å². The van der Waals surface area contributed by atoms with Crippen molar-refractivity contribution in [2.24, 2.45) is 10.3 Å². The van der Waals surface area contributed by atoms with Gasteiger partial charge in [-0.2, -0.15) is 0 Å². The Kier molecular flexibility index (Phi) is 5.70. The van der Waals surface area contributed by atoms with E-state index in [-0.39, 0.29) is 23.4 Å². The minimum absolute atomic E-state index is 0.110. The fourth-order valence-corrected chi connectivity index (χ4v) is 2.03. The minimum Gasteiger partial charge on any atom is -0.473 e. The lowest BCUT2D eigenvalue weighted by Crippen LogP contribution is -2.16. The molecule has 0 saturated heterocycles. The van der Waals surface area contributed by atoms with Gasteiger partial charge >= 0.3 is 11.8 Å². The van der Waals surface area contributed by atoms with E-state index >= 15 is 0 Å². The molecule has 0 bridgehead atoms. The lowest BCUT2D eigenvalue weighted by molar-refractivity contribution is 0.264. The molecule has 11 nitrogen and oxygen atoms in total. The SMILES string of the molecule is CCOc1nonc1N=NN(Cc1ccccc1)c1nonc1OCC. The molecule has 1 aromatic carbocycles. The zero-order valence-corrected chi connectivity index (χ0v) is 14.3. The molecule has 136 valence electrons. The summed E-state index contributed by atoms with van der Waals surface area (Å²) in [7, 11) is 0. The van der Waals surface area contributed by atoms with Crippen molar-refractivity contribution in [2.45, 2.75) is 20.4 Å². The van der Waals surface area contributed by atoms with Crippen LogP contribution in [0.3, 0.4) is 0 Å². The fraction of sp³-hybridized carbons (Fsp3) is 0.333. The fourth-order valence-electron chi connectivity index (χ4n) is 2.03. The summed E-state index contributed by atoms with van der Waals surface area (Å²) < 4.78 is 20.1. The van der Waals surface area contributed by atoms with Gasteiger partial charge in [0.25, 0.3) is 11.6 Å². The van der Waals surface area contributed by atoms with Crippen LogP contribution in [0.2, 0.25) is 0 Å². The van der Waals surface area contributed by atoms with Gasteiger partial charge in [0, 0.05) is 0 Å². The van der Waals surface area contributed by atoms with E-state index < -0.39 is 0 Å². The summed E-state index contributed by atoms with van der Waals surface area (Å²) >= 11 is 0. The Balaban J connectivity index is 1.88. The Morgan fingerprint density at radius 3 is 2.38 bits per heavy atom. The number of benzene rings is 1. The largest absolute Gasteiger partial charge is 0.473 e. The van der Waals surface area contributed by atoms with E-state index in [0.717, 1.165) is 5.56 Å². The summed E-state index contributed by atoms with van der Waals surface area (Å²) in [6.45, 7) is 4.79. The molecule has 2 aromatic heterocycles. The van der Waals surface area contributed by atoms with Crippen LogP contribution in [0.15, 0.2) is 49.9 Å². The zero-order valence-electron chi connectivity index (χ0n) is 14.3. The van der Waals surface area contributed by atoms with Crippen LogP contribution in [0.5, 0.6) is 11.8 Å². The monoisotopic (exact) mass is 359 g/mol. The van der Waals surface area contributed by atoms with Crippen LogP contribution in [0.1, 0.15) is 19.4 Å². The van der Waals surface area contributed by atoms with Crippen molar-refractivity contribution in [3.8, 4) is 11.8 Å². The summed E-state index contributed by atoms with van der Waals surface area (Å²) in [4.78, 5) is 0. The highest BCUT2D eigenvalue weighted by Crippen LogP contribution is 2.28. The number of rotatable bonds is 9. The topological polar surface area (TPSA) is 124 Å². The van der Waals surface area contributed by atoms with Crippen LogP contribution < -0.4 is 14.5 Å². The first kappa shape index (κ1) is 17.3. The van der Waals surface area contributed by atoms with Gasteiger partial charge in [0.15, 0.2) is 0 Å². The molecular formula is C15H17N7O4. The van der Waals surface area contributed by atoms with E-state index in [4.69, 9.17) is 14.1 Å². The van der Waals surface area contributed by atoms with Crippen molar-refractivity contribution in [1.29, 1.82) is 0 Å². The van der Waals surface area contributed by atoms with Crippen LogP contribution in [0, 0.1) is 0 Å². The van der Waals surface area contributed by atoms with E-state index in [2.05, 4.69) is 35.6 Å². The molecule has 0 aliphatic carbocycles. The first-order valence-electron chi connectivity index (χ1n) is 7.95. The molecule has 0 aliphatic rings. The van der Waals surface area contributed by atoms with Crippen molar-refractivity contribution < 1.29 is 18.7 Å². The van der Waals surface area contributed by atoms with Gasteiger partial charge in [0.1, 0.15) is 0 Å². The molecule has 0 saturated carbocycles. The molecule has 3 rings (SSSR count). The van der Waals surface area contributed by atoms with Gasteiger partial charge in [-0.25, -0.2) is 14.3 Å². The van der Waals surface area contributed by atoms with Gasteiger partial charge < -0.3 is 9.47 Å². The maximum absolute atomic E-state index is 5.41. The lowest BCUT2D eigenvalue weighted by Gasteiger charge is -2.14. The van der Waals surface area contributed by atoms with Gasteiger partial charge in [0.2, 0.25) is 0 Å². The van der Waals surface area contributed by atoms with Crippen molar-refractivity contribution in [3.05, 3.63) is 35.9 Å². The molecule has 0 atom stereocenters. The molecule has 11 heteroatoms. The van der Waals surface area contributed by atoms with Crippen molar-refractivity contribution in [3.63, 3.8) is 0 Å². The van der Waals surface area contributed by atoms with Crippen LogP contribution in [-0.2, 0) is 6.54 Å². The third kappa shape index (κ3) is 4.12. The summed E-state index contributed by atoms with van der Waals surface area (Å²) in [5.41, 5.74) is 0.972. The zero-order chi connectivity index (χ0) is 18.2. The van der Waals surface area contributed by atoms with Gasteiger partial charge in [0.05, 0.1) is 19.8 Å². The van der Waals surface area contributed by atoms with Crippen LogP contribution in [0.25, 0.3) is 0 Å². The number of nitrogens with zero attached hydrogens (tertiary/aromatic N) is 7. The highest BCUT2D eigenvalue weighted by Gasteiger charge is 2.20. The van der Waals surface area contributed by atoms with Gasteiger partial charge in [-0.3, -0.25) is 0 Å². The molecule has 0 aliphatic heterocycles. The predicted molar refractivity (Wildman–Crippen MR) is 88.1 cm³/mol. The first-order valence-corrected chi connectivity index (χ1v) is 7.95. The molecule has 0 unspecified atom stereocenters. The standard InChI is InChI=1S/C15H17N7O4/c1-3-23-14-12(17-25-19-14)16-21-22(10-11-8-6-5-7-9-11)13-15(24-4-2)20-26-18-13/h5-9H,3-4,10H2,1-2H3. The molecular weight excluding hydrogens is 342 g/mol. The summed E-state index contributed by atoms with van der Waals surface area (Å²) in [5.74, 6) is 0.762. The molecule has 2 heterocycles. The number of hydrogen-bond donors (Lipinski definition) is 0. The van der Waals surface area contributed by atoms with Crippen LogP contribution >= 0.6 is 0 Å². The molecule has 3 aromatic rings. The Morgan fingerprint density at radius 2 is 1.62 bits per heavy atom. The Morgan fingerprint density at radius 1 is 0.923 bits per heavy atom. The van der Waals surface area contributed by atoms with E-state index in [1.165, 1.54) is 5.01 Å². The Bertz CT molecular complexity index is 833. The van der Waals surface area contributed by atoms with Crippen molar-refractivity contribution >= 4 is 11.6 Å². The van der Waals surface area contributed by atoms with Crippen LogP contribution in [0.4, 0.5) is 11.6 Å². The third-order valence-electron chi connectivity index (χ3n) is 3.11. The second-order valence-electron chi connectivity index (χ2n) is 4.88. The molecule has 0 spiro atoms. The van der Waals surface area contributed by atoms with Gasteiger partial charge in [-0.1, -0.05) is 35.6 Å². The first-order chi connectivity index (χ1) is 12.8. The Hall–Kier alpha value is -3.50. The lowest BCUT2D eigenvalue weighted by atomic mass is 10.2. The van der Waals surface area contributed by atoms with Gasteiger partial charge in [-0.15, -0.1) is 5.11 Å². The third-order valence-corrected chi connectivity index (χ3v) is 3.11. The normalized spacial score (nSPS) is 11.0. The summed E-state index contributed by atoms with van der Waals surface area (Å²) in [6, 6.07) is 9.65. The quantitative estimate of drug-likeness (QED) is 0.419. The smallest absolute Gasteiger partial charge is 0.304 e. The molecule has 0 N–H and O–H groups in total. The number of hydrogen-bond acceptors (Lipinski definition) is 10. The molecule has 0 fully saturated rings. The molecule has 0 amide bonds. The average Bonchev–Trinajstić information content (AvgIpc) is 3.30. The molecule has 26 heavy (non-hydrogen) atoms. The second-order valence-corrected chi connectivity index (χ2v) is 4.88. The number of anilines is 1. The summed E-state index contributed by atoms with van der Waals surface area (Å²) in [5, 5.41) is 24.6. The maximum Gasteiger partial charge on any atom is 0.304 e. The number of aromatic nitrogens is 4. The Labute approximate surface area is 148 Å². The van der Waals surface area contributed by atoms with Gasteiger partial charge in [-0.05, 0) is 40.0 Å². The maximum atomic E-state index is 5.41. The minimum atomic E-state index is 0.110. The number of ether oxygens (including phenoxy) is 2. The molecule has 0 radical (unpaired) electrons. The van der Waals surface area contributed by atoms with E-state index in [0.29, 0.717) is 19.8 Å². The highest BCUT2D eigenvalue weighted by atomic mass is 16.6. The average molecular weight is 359 g/mol. The van der Waals surface area contributed by atoms with Crippen molar-refractivity contribution in [1.82, 2.24) is 20.6 Å². The highest BCUT2D eigenvalue weighted by molar-refractivity contribution is 5.46. The second kappa shape index (κ2) is 8.55. The predicted octanol–water partition coefficient (Wildman–Crippen LogP) is 2.96.